The van der Waals surface area contributed by atoms with Crippen LogP contribution in [0.15, 0.2) is 24.4 Å². The number of likely N-dealkylation sites (tertiary alicyclic amines) is 1. The van der Waals surface area contributed by atoms with Crippen LogP contribution >= 0.6 is 11.6 Å². The van der Waals surface area contributed by atoms with Crippen molar-refractivity contribution in [1.82, 2.24) is 9.88 Å². The van der Waals surface area contributed by atoms with Crippen molar-refractivity contribution in [3.63, 3.8) is 0 Å². The highest BCUT2D eigenvalue weighted by Crippen LogP contribution is 2.33. The molecule has 0 atom stereocenters. The molecule has 112 valence electrons. The molecule has 0 bridgehead atoms. The Morgan fingerprint density at radius 1 is 1.38 bits per heavy atom. The van der Waals surface area contributed by atoms with Gasteiger partial charge in [0.2, 0.25) is 0 Å². The number of halogens is 1. The maximum absolute atomic E-state index is 10.6. The molecule has 1 aromatic carbocycles. The van der Waals surface area contributed by atoms with Gasteiger partial charge in [0.05, 0.1) is 6.42 Å². The quantitative estimate of drug-likeness (QED) is 0.909. The molecular weight excluding hydrogens is 288 g/mol. The summed E-state index contributed by atoms with van der Waals surface area (Å²) in [7, 11) is 0. The summed E-state index contributed by atoms with van der Waals surface area (Å²) < 4.78 is 0. The van der Waals surface area contributed by atoms with E-state index in [2.05, 4.69) is 22.1 Å². The summed E-state index contributed by atoms with van der Waals surface area (Å²) in [5, 5.41) is 10.7. The Bertz CT molecular complexity index is 645. The first-order valence-electron chi connectivity index (χ1n) is 7.34. The lowest BCUT2D eigenvalue weighted by atomic mass is 9.89. The van der Waals surface area contributed by atoms with Crippen LogP contribution in [-0.4, -0.2) is 40.6 Å². The lowest BCUT2D eigenvalue weighted by Gasteiger charge is -2.31. The topological polar surface area (TPSA) is 56.3 Å². The molecule has 0 unspecified atom stereocenters. The predicted molar refractivity (Wildman–Crippen MR) is 84.0 cm³/mol. The Morgan fingerprint density at radius 2 is 2.14 bits per heavy atom. The Hall–Kier alpha value is -1.52. The number of hydrogen-bond acceptors (Lipinski definition) is 2. The zero-order chi connectivity index (χ0) is 14.8. The third kappa shape index (κ3) is 3.22. The van der Waals surface area contributed by atoms with Crippen LogP contribution in [0.2, 0.25) is 5.02 Å². The zero-order valence-electron chi connectivity index (χ0n) is 11.8. The van der Waals surface area contributed by atoms with Crippen LogP contribution in [0.3, 0.4) is 0 Å². The molecule has 0 spiro atoms. The maximum Gasteiger partial charge on any atom is 0.304 e. The van der Waals surface area contributed by atoms with Gasteiger partial charge >= 0.3 is 5.97 Å². The van der Waals surface area contributed by atoms with E-state index in [4.69, 9.17) is 16.7 Å². The third-order valence-corrected chi connectivity index (χ3v) is 4.58. The van der Waals surface area contributed by atoms with Crippen LogP contribution in [0.4, 0.5) is 0 Å². The number of nitrogens with one attached hydrogen (secondary N) is 1. The highest BCUT2D eigenvalue weighted by atomic mass is 35.5. The number of carbonyl (C=O) groups is 1. The van der Waals surface area contributed by atoms with Gasteiger partial charge < -0.3 is 15.0 Å². The normalized spacial score (nSPS) is 17.4. The minimum absolute atomic E-state index is 0.232. The second-order valence-electron chi connectivity index (χ2n) is 5.69. The number of fused-ring (bicyclic) bond motifs is 1. The highest BCUT2D eigenvalue weighted by molar-refractivity contribution is 6.31. The molecule has 1 aromatic heterocycles. The Balaban J connectivity index is 1.67. The van der Waals surface area contributed by atoms with Gasteiger partial charge in [-0.3, -0.25) is 4.79 Å². The van der Waals surface area contributed by atoms with Gasteiger partial charge in [-0.15, -0.1) is 0 Å². The molecule has 0 saturated carbocycles. The van der Waals surface area contributed by atoms with Crippen LogP contribution in [0.5, 0.6) is 0 Å². The number of rotatable bonds is 4. The van der Waals surface area contributed by atoms with Gasteiger partial charge in [-0.2, -0.15) is 0 Å². The van der Waals surface area contributed by atoms with Gasteiger partial charge in [0.1, 0.15) is 0 Å². The minimum atomic E-state index is -0.717. The summed E-state index contributed by atoms with van der Waals surface area (Å²) in [5.74, 6) is -0.174. The van der Waals surface area contributed by atoms with Crippen molar-refractivity contribution >= 4 is 28.5 Å². The first-order chi connectivity index (χ1) is 10.1. The monoisotopic (exact) mass is 306 g/mol. The molecular formula is C16H19ClN2O2. The average molecular weight is 307 g/mol. The number of aliphatic carboxylic acids is 1. The molecule has 1 aliphatic rings. The summed E-state index contributed by atoms with van der Waals surface area (Å²) in [6.45, 7) is 2.60. The van der Waals surface area contributed by atoms with E-state index in [1.165, 1.54) is 10.9 Å². The molecule has 1 saturated heterocycles. The summed E-state index contributed by atoms with van der Waals surface area (Å²) >= 11 is 6.02. The fourth-order valence-electron chi connectivity index (χ4n) is 3.18. The molecule has 0 aliphatic carbocycles. The number of nitrogens with zero attached hydrogens (tertiary/aromatic N) is 1. The van der Waals surface area contributed by atoms with Crippen molar-refractivity contribution in [2.24, 2.45) is 0 Å². The lowest BCUT2D eigenvalue weighted by Crippen LogP contribution is -2.34. The number of aromatic amines is 1. The van der Waals surface area contributed by atoms with Crippen molar-refractivity contribution in [3.8, 4) is 0 Å². The van der Waals surface area contributed by atoms with Gasteiger partial charge in [-0.05, 0) is 49.5 Å². The first kappa shape index (κ1) is 14.4. The molecule has 2 heterocycles. The molecule has 1 aliphatic heterocycles. The average Bonchev–Trinajstić information content (AvgIpc) is 2.88. The number of piperidine rings is 1. The van der Waals surface area contributed by atoms with Crippen molar-refractivity contribution in [3.05, 3.63) is 35.0 Å². The Morgan fingerprint density at radius 3 is 2.86 bits per heavy atom. The summed E-state index contributed by atoms with van der Waals surface area (Å²) in [6, 6.07) is 5.98. The number of carboxylic acid groups (broad SMARTS) is 1. The van der Waals surface area contributed by atoms with Gasteiger partial charge in [-0.25, -0.2) is 0 Å². The second-order valence-corrected chi connectivity index (χ2v) is 6.13. The predicted octanol–water partition coefficient (Wildman–Crippen LogP) is 3.48. The Kier molecular flexibility index (Phi) is 4.17. The smallest absolute Gasteiger partial charge is 0.304 e. The van der Waals surface area contributed by atoms with Crippen LogP contribution in [0.1, 0.15) is 30.7 Å². The summed E-state index contributed by atoms with van der Waals surface area (Å²) in [5.41, 5.74) is 2.45. The van der Waals surface area contributed by atoms with E-state index in [-0.39, 0.29) is 6.42 Å². The zero-order valence-corrected chi connectivity index (χ0v) is 12.6. The Labute approximate surface area is 128 Å². The third-order valence-electron chi connectivity index (χ3n) is 4.35. The number of carboxylic acids is 1. The molecule has 5 heteroatoms. The van der Waals surface area contributed by atoms with E-state index in [1.54, 1.807) is 0 Å². The van der Waals surface area contributed by atoms with Crippen LogP contribution in [-0.2, 0) is 4.79 Å². The van der Waals surface area contributed by atoms with Crippen molar-refractivity contribution < 1.29 is 9.90 Å². The standard InChI is InChI=1S/C16H19ClN2O2/c17-12-1-2-13-14(10-18-15(13)9-12)11-3-6-19(7-4-11)8-5-16(20)21/h1-2,9-11,18H,3-8H2,(H,20,21). The van der Waals surface area contributed by atoms with E-state index < -0.39 is 5.97 Å². The fraction of sp³-hybridized carbons (Fsp3) is 0.438. The van der Waals surface area contributed by atoms with Crippen LogP contribution < -0.4 is 0 Å². The fourth-order valence-corrected chi connectivity index (χ4v) is 3.35. The molecule has 4 nitrogen and oxygen atoms in total. The van der Waals surface area contributed by atoms with Crippen molar-refractivity contribution in [2.45, 2.75) is 25.2 Å². The molecule has 0 radical (unpaired) electrons. The highest BCUT2D eigenvalue weighted by Gasteiger charge is 2.22. The van der Waals surface area contributed by atoms with E-state index in [0.717, 1.165) is 36.5 Å². The van der Waals surface area contributed by atoms with E-state index >= 15 is 0 Å². The van der Waals surface area contributed by atoms with Gasteiger partial charge in [0.15, 0.2) is 0 Å². The first-order valence-corrected chi connectivity index (χ1v) is 7.72. The number of hydrogen-bond donors (Lipinski definition) is 2. The molecule has 3 rings (SSSR count). The SMILES string of the molecule is O=C(O)CCN1CCC(c2c[nH]c3cc(Cl)ccc23)CC1. The summed E-state index contributed by atoms with van der Waals surface area (Å²) in [4.78, 5) is 16.2. The van der Waals surface area contributed by atoms with Crippen molar-refractivity contribution in [2.75, 3.05) is 19.6 Å². The van der Waals surface area contributed by atoms with Gasteiger partial charge in [0.25, 0.3) is 0 Å². The van der Waals surface area contributed by atoms with Crippen LogP contribution in [0, 0.1) is 0 Å². The second kappa shape index (κ2) is 6.08. The molecule has 0 amide bonds. The van der Waals surface area contributed by atoms with E-state index in [0.29, 0.717) is 12.5 Å². The minimum Gasteiger partial charge on any atom is -0.481 e. The molecule has 2 N–H and O–H groups in total. The number of aromatic nitrogens is 1. The molecule has 21 heavy (non-hydrogen) atoms. The molecule has 1 fully saturated rings. The van der Waals surface area contributed by atoms with Gasteiger partial charge in [-0.1, -0.05) is 17.7 Å². The lowest BCUT2D eigenvalue weighted by molar-refractivity contribution is -0.137. The number of benzene rings is 1. The number of H-pyrrole nitrogens is 1. The van der Waals surface area contributed by atoms with E-state index in [9.17, 15) is 4.79 Å². The molecule has 2 aromatic rings. The largest absolute Gasteiger partial charge is 0.481 e. The van der Waals surface area contributed by atoms with Crippen molar-refractivity contribution in [1.29, 1.82) is 0 Å². The summed E-state index contributed by atoms with van der Waals surface area (Å²) in [6.07, 6.45) is 4.49. The maximum atomic E-state index is 10.6. The van der Waals surface area contributed by atoms with Crippen LogP contribution in [0.25, 0.3) is 10.9 Å². The van der Waals surface area contributed by atoms with Gasteiger partial charge in [0, 0.05) is 28.7 Å². The van der Waals surface area contributed by atoms with E-state index in [1.807, 2.05) is 12.1 Å².